The van der Waals surface area contributed by atoms with E-state index in [4.69, 9.17) is 0 Å². The molecule has 0 aliphatic heterocycles. The van der Waals surface area contributed by atoms with Gasteiger partial charge in [0.25, 0.3) is 5.91 Å². The lowest BCUT2D eigenvalue weighted by molar-refractivity contribution is 0.0948. The number of benzene rings is 1. The van der Waals surface area contributed by atoms with Crippen molar-refractivity contribution in [2.75, 3.05) is 6.54 Å². The van der Waals surface area contributed by atoms with E-state index in [-0.39, 0.29) is 11.0 Å². The van der Waals surface area contributed by atoms with Crippen LogP contribution in [0.25, 0.3) is 0 Å². The molecule has 1 aromatic carbocycles. The van der Waals surface area contributed by atoms with Crippen molar-refractivity contribution in [3.63, 3.8) is 0 Å². The number of nitrogens with one attached hydrogen (secondary N) is 1. The zero-order valence-corrected chi connectivity index (χ0v) is 10.2. The molecule has 1 amide bonds. The van der Waals surface area contributed by atoms with Gasteiger partial charge >= 0.3 is 0 Å². The molecule has 86 valence electrons. The van der Waals surface area contributed by atoms with Crippen LogP contribution >= 0.6 is 15.9 Å². The molecule has 0 radical (unpaired) electrons. The van der Waals surface area contributed by atoms with Crippen LogP contribution in [-0.2, 0) is 0 Å². The van der Waals surface area contributed by atoms with Gasteiger partial charge in [0.05, 0.1) is 0 Å². The van der Waals surface area contributed by atoms with Crippen LogP contribution < -0.4 is 5.32 Å². The molecule has 0 aromatic heterocycles. The summed E-state index contributed by atoms with van der Waals surface area (Å²) in [6.45, 7) is 5.46. The smallest absolute Gasteiger partial charge is 0.257 e. The van der Waals surface area contributed by atoms with E-state index < -0.39 is 23.1 Å². The molecule has 0 spiro atoms. The molecule has 0 saturated heterocycles. The minimum absolute atomic E-state index is 0.188. The summed E-state index contributed by atoms with van der Waals surface area (Å²) in [5, 5.41) is 2.37. The highest BCUT2D eigenvalue weighted by Gasteiger charge is 2.17. The van der Waals surface area contributed by atoms with Crippen LogP contribution in [0.1, 0.15) is 17.3 Å². The van der Waals surface area contributed by atoms with Crippen molar-refractivity contribution in [3.05, 3.63) is 46.0 Å². The second kappa shape index (κ2) is 5.21. The Labute approximate surface area is 100 Å². The van der Waals surface area contributed by atoms with Crippen molar-refractivity contribution >= 4 is 21.8 Å². The summed E-state index contributed by atoms with van der Waals surface area (Å²) in [5.74, 6) is -2.58. The summed E-state index contributed by atoms with van der Waals surface area (Å²) < 4.78 is 26.9. The fourth-order valence-corrected chi connectivity index (χ4v) is 1.48. The van der Waals surface area contributed by atoms with Crippen molar-refractivity contribution in [1.82, 2.24) is 5.32 Å². The summed E-state index contributed by atoms with van der Waals surface area (Å²) in [4.78, 5) is 11.5. The second-order valence-electron chi connectivity index (χ2n) is 3.38. The van der Waals surface area contributed by atoms with Gasteiger partial charge in [0.2, 0.25) is 0 Å². The molecule has 16 heavy (non-hydrogen) atoms. The maximum atomic E-state index is 13.3. The van der Waals surface area contributed by atoms with Gasteiger partial charge in [0, 0.05) is 11.0 Å². The lowest BCUT2D eigenvalue weighted by atomic mass is 10.2. The van der Waals surface area contributed by atoms with Crippen molar-refractivity contribution in [2.45, 2.75) is 6.92 Å². The highest BCUT2D eigenvalue weighted by Crippen LogP contribution is 2.19. The zero-order chi connectivity index (χ0) is 12.3. The van der Waals surface area contributed by atoms with E-state index in [0.29, 0.717) is 5.57 Å². The Morgan fingerprint density at radius 3 is 2.38 bits per heavy atom. The molecule has 1 aromatic rings. The first-order valence-electron chi connectivity index (χ1n) is 4.49. The van der Waals surface area contributed by atoms with Gasteiger partial charge in [0.1, 0.15) is 17.2 Å². The van der Waals surface area contributed by atoms with Gasteiger partial charge in [-0.25, -0.2) is 8.78 Å². The van der Waals surface area contributed by atoms with E-state index in [2.05, 4.69) is 27.8 Å². The van der Waals surface area contributed by atoms with E-state index in [1.807, 2.05) is 0 Å². The maximum absolute atomic E-state index is 13.3. The van der Waals surface area contributed by atoms with Gasteiger partial charge in [-0.05, 0) is 19.1 Å². The molecular weight excluding hydrogens is 280 g/mol. The van der Waals surface area contributed by atoms with Gasteiger partial charge < -0.3 is 5.32 Å². The first-order chi connectivity index (χ1) is 7.41. The maximum Gasteiger partial charge on any atom is 0.257 e. The number of amides is 1. The fraction of sp³-hybridized carbons (Fsp3) is 0.182. The van der Waals surface area contributed by atoms with Crippen LogP contribution in [0.2, 0.25) is 0 Å². The molecule has 0 heterocycles. The van der Waals surface area contributed by atoms with Crippen LogP contribution in [0.3, 0.4) is 0 Å². The van der Waals surface area contributed by atoms with Gasteiger partial charge in [-0.1, -0.05) is 28.1 Å². The predicted molar refractivity (Wildman–Crippen MR) is 61.2 cm³/mol. The molecule has 0 aliphatic carbocycles. The van der Waals surface area contributed by atoms with E-state index in [9.17, 15) is 13.6 Å². The zero-order valence-electron chi connectivity index (χ0n) is 8.61. The summed E-state index contributed by atoms with van der Waals surface area (Å²) >= 11 is 2.93. The molecule has 5 heteroatoms. The third-order valence-electron chi connectivity index (χ3n) is 1.78. The monoisotopic (exact) mass is 289 g/mol. The Hall–Kier alpha value is -1.23. The van der Waals surface area contributed by atoms with Crippen LogP contribution in [0.4, 0.5) is 8.78 Å². The van der Waals surface area contributed by atoms with Crippen LogP contribution in [0.15, 0.2) is 28.8 Å². The average Bonchev–Trinajstić information content (AvgIpc) is 2.12. The molecule has 1 N–H and O–H groups in total. The molecular formula is C11H10BrF2NO. The Balaban J connectivity index is 2.95. The van der Waals surface area contributed by atoms with Crippen molar-refractivity contribution in [3.8, 4) is 0 Å². The first-order valence-corrected chi connectivity index (χ1v) is 5.28. The molecule has 2 nitrogen and oxygen atoms in total. The van der Waals surface area contributed by atoms with E-state index in [1.165, 1.54) is 0 Å². The summed E-state index contributed by atoms with van der Waals surface area (Å²) in [5.41, 5.74) is 0.121. The lowest BCUT2D eigenvalue weighted by Gasteiger charge is -2.07. The third kappa shape index (κ3) is 3.13. The second-order valence-corrected chi connectivity index (χ2v) is 4.30. The van der Waals surface area contributed by atoms with Crippen molar-refractivity contribution in [2.24, 2.45) is 0 Å². The van der Waals surface area contributed by atoms with Crippen molar-refractivity contribution < 1.29 is 13.6 Å². The van der Waals surface area contributed by atoms with Gasteiger partial charge in [-0.15, -0.1) is 0 Å². The quantitative estimate of drug-likeness (QED) is 0.852. The Kier molecular flexibility index (Phi) is 4.18. The third-order valence-corrected chi connectivity index (χ3v) is 2.24. The standard InChI is InChI=1S/C11H10BrF2NO/c1-6(2)5-15-11(16)10-8(13)3-7(12)4-9(10)14/h3-4H,1,5H2,2H3,(H,15,16). The minimum atomic E-state index is -0.897. The Bertz CT molecular complexity index is 423. The molecule has 0 bridgehead atoms. The van der Waals surface area contributed by atoms with Crippen molar-refractivity contribution in [1.29, 1.82) is 0 Å². The van der Waals surface area contributed by atoms with E-state index in [1.54, 1.807) is 6.92 Å². The number of carbonyl (C=O) groups excluding carboxylic acids is 1. The van der Waals surface area contributed by atoms with Gasteiger partial charge in [0.15, 0.2) is 0 Å². The minimum Gasteiger partial charge on any atom is -0.348 e. The van der Waals surface area contributed by atoms with Crippen LogP contribution in [0.5, 0.6) is 0 Å². The largest absolute Gasteiger partial charge is 0.348 e. The van der Waals surface area contributed by atoms with Crippen LogP contribution in [0, 0.1) is 11.6 Å². The van der Waals surface area contributed by atoms with E-state index >= 15 is 0 Å². The highest BCUT2D eigenvalue weighted by atomic mass is 79.9. The summed E-state index contributed by atoms with van der Waals surface area (Å²) in [6.07, 6.45) is 0. The number of hydrogen-bond acceptors (Lipinski definition) is 1. The Morgan fingerprint density at radius 1 is 1.44 bits per heavy atom. The van der Waals surface area contributed by atoms with Gasteiger partial charge in [-0.3, -0.25) is 4.79 Å². The summed E-state index contributed by atoms with van der Waals surface area (Å²) in [7, 11) is 0. The molecule has 0 aliphatic rings. The van der Waals surface area contributed by atoms with Gasteiger partial charge in [-0.2, -0.15) is 0 Å². The topological polar surface area (TPSA) is 29.1 Å². The number of hydrogen-bond donors (Lipinski definition) is 1. The Morgan fingerprint density at radius 2 is 1.94 bits per heavy atom. The summed E-state index contributed by atoms with van der Waals surface area (Å²) in [6, 6.07) is 2.08. The normalized spacial score (nSPS) is 10.0. The fourth-order valence-electron chi connectivity index (χ4n) is 1.08. The number of halogens is 3. The number of rotatable bonds is 3. The van der Waals surface area contributed by atoms with E-state index in [0.717, 1.165) is 12.1 Å². The highest BCUT2D eigenvalue weighted by molar-refractivity contribution is 9.10. The molecule has 0 fully saturated rings. The molecule has 0 unspecified atom stereocenters. The number of carbonyl (C=O) groups is 1. The predicted octanol–water partition coefficient (Wildman–Crippen LogP) is 3.03. The van der Waals surface area contributed by atoms with Crippen LogP contribution in [-0.4, -0.2) is 12.5 Å². The lowest BCUT2D eigenvalue weighted by Crippen LogP contribution is -2.26. The molecule has 0 atom stereocenters. The molecule has 1 rings (SSSR count). The molecule has 0 saturated carbocycles. The average molecular weight is 290 g/mol. The SMILES string of the molecule is C=C(C)CNC(=O)c1c(F)cc(Br)cc1F. The first kappa shape index (κ1) is 12.8.